The normalized spacial score (nSPS) is 19.5. The fourth-order valence-corrected chi connectivity index (χ4v) is 1.51. The zero-order chi connectivity index (χ0) is 27.0. The van der Waals surface area contributed by atoms with E-state index in [2.05, 4.69) is 53.0 Å². The molecule has 0 heterocycles. The smallest absolute Gasteiger partial charge is 0.280 e. The highest BCUT2D eigenvalue weighted by Crippen LogP contribution is 2.63. The van der Waals surface area contributed by atoms with Gasteiger partial charge < -0.3 is 0 Å². The summed E-state index contributed by atoms with van der Waals surface area (Å²) in [6, 6.07) is 0. The molecule has 21 heteroatoms. The molecule has 0 radical (unpaired) electrons. The lowest BCUT2D eigenvalue weighted by molar-refractivity contribution is -0.468. The van der Waals surface area contributed by atoms with Crippen molar-refractivity contribution in [1.29, 1.82) is 0 Å². The molecular weight excluding hydrogens is 594 g/mol. The first-order valence-electron chi connectivity index (χ1n) is 6.29. The Labute approximate surface area is 185 Å². The molecule has 0 aromatic carbocycles. The van der Waals surface area contributed by atoms with Gasteiger partial charge in [0.25, 0.3) is 0 Å². The van der Waals surface area contributed by atoms with Crippen LogP contribution in [0.15, 0.2) is 18.4 Å². The Morgan fingerprint density at radius 2 is 0.938 bits per heavy atom. The van der Waals surface area contributed by atoms with E-state index >= 15 is 0 Å². The van der Waals surface area contributed by atoms with Crippen molar-refractivity contribution in [2.75, 3.05) is 0 Å². The molecule has 3 unspecified atom stereocenters. The molecule has 0 fully saturated rings. The number of rotatable bonds is 7. The minimum absolute atomic E-state index is 1.36. The maximum atomic E-state index is 14.0. The van der Waals surface area contributed by atoms with Crippen LogP contribution in [0.5, 0.6) is 0 Å². The number of hydrogen-bond donors (Lipinski definition) is 0. The first kappa shape index (κ1) is 33.7. The Balaban J connectivity index is 0. The molecule has 0 N–H and O–H groups in total. The first-order valence-corrected chi connectivity index (χ1v) is 7.80. The zero-order valence-electron chi connectivity index (χ0n) is 13.7. The van der Waals surface area contributed by atoms with Crippen LogP contribution >= 0.6 is 46.4 Å². The summed E-state index contributed by atoms with van der Waals surface area (Å²) in [5, 5.41) is -25.3. The Hall–Kier alpha value is -0.480. The van der Waals surface area contributed by atoms with Crippen molar-refractivity contribution in [3.63, 3.8) is 0 Å². The Morgan fingerprint density at radius 3 is 1.12 bits per heavy atom. The molecule has 0 aliphatic rings. The van der Waals surface area contributed by atoms with Gasteiger partial charge in [0.2, 0.25) is 0 Å². The van der Waals surface area contributed by atoms with Gasteiger partial charge in [-0.15, -0.1) is 0 Å². The van der Waals surface area contributed by atoms with Gasteiger partial charge in [0.05, 0.1) is 0 Å². The first-order chi connectivity index (χ1) is 13.5. The SMILES string of the molecule is C=C=C(F)F.FC(F)(F)C(F)(F)C(F)(OC(F)(Cl)C(F)(F)Cl)C(F)(F)C(F)(Cl)C(F)(F)Cl. The topological polar surface area (TPSA) is 9.23 Å². The predicted octanol–water partition coefficient (Wildman–Crippen LogP) is 8.48. The van der Waals surface area contributed by atoms with Gasteiger partial charge in [0, 0.05) is 0 Å². The second-order valence-corrected chi connectivity index (χ2v) is 6.82. The second kappa shape index (κ2) is 9.64. The lowest BCUT2D eigenvalue weighted by Gasteiger charge is -2.44. The Bertz CT molecular complexity index is 698. The van der Waals surface area contributed by atoms with Crippen molar-refractivity contribution in [1.82, 2.24) is 0 Å². The third-order valence-corrected chi connectivity index (χ3v) is 4.13. The largest absolute Gasteiger partial charge is 0.459 e. The van der Waals surface area contributed by atoms with E-state index in [1.165, 1.54) is 5.73 Å². The quantitative estimate of drug-likeness (QED) is 0.163. The second-order valence-electron chi connectivity index (χ2n) is 4.87. The van der Waals surface area contributed by atoms with Crippen molar-refractivity contribution in [3.8, 4) is 0 Å². The van der Waals surface area contributed by atoms with E-state index in [4.69, 9.17) is 0 Å². The summed E-state index contributed by atoms with van der Waals surface area (Å²) in [6.07, 6.45) is -9.47. The molecular formula is C11H2Cl4F16O. The molecule has 3 atom stereocenters. The molecule has 192 valence electrons. The van der Waals surface area contributed by atoms with Gasteiger partial charge in [0.1, 0.15) is 0 Å². The molecule has 0 rings (SSSR count). The summed E-state index contributed by atoms with van der Waals surface area (Å²) in [5.41, 5.74) is 1.36. The van der Waals surface area contributed by atoms with Gasteiger partial charge in [0.15, 0.2) is 0 Å². The molecule has 0 saturated carbocycles. The average Bonchev–Trinajstić information content (AvgIpc) is 2.51. The standard InChI is InChI=1S/C8Cl4F14O.C3H2F2/c9-1(13,5(10,19)20)2(14,15)4(18,3(16,17)8(24,25)26)27-7(12,23)6(11,21)22;1-2-3(4)5/h;1H2. The van der Waals surface area contributed by atoms with E-state index in [1.54, 1.807) is 0 Å². The van der Waals surface area contributed by atoms with Crippen LogP contribution in [0.3, 0.4) is 0 Å². The Morgan fingerprint density at radius 1 is 0.625 bits per heavy atom. The van der Waals surface area contributed by atoms with Crippen molar-refractivity contribution >= 4 is 46.4 Å². The van der Waals surface area contributed by atoms with Gasteiger partial charge in [-0.25, -0.2) is 4.39 Å². The van der Waals surface area contributed by atoms with Gasteiger partial charge in [-0.2, -0.15) is 65.9 Å². The monoisotopic (exact) mass is 594 g/mol. The van der Waals surface area contributed by atoms with Crippen molar-refractivity contribution in [2.45, 2.75) is 45.1 Å². The highest BCUT2D eigenvalue weighted by Gasteiger charge is 2.91. The molecule has 1 nitrogen and oxygen atoms in total. The van der Waals surface area contributed by atoms with Crippen LogP contribution in [0.25, 0.3) is 0 Å². The van der Waals surface area contributed by atoms with Crippen LogP contribution in [-0.2, 0) is 4.74 Å². The van der Waals surface area contributed by atoms with Crippen molar-refractivity contribution < 1.29 is 75.0 Å². The van der Waals surface area contributed by atoms with Crippen molar-refractivity contribution in [2.24, 2.45) is 0 Å². The van der Waals surface area contributed by atoms with Crippen LogP contribution in [-0.4, -0.2) is 45.1 Å². The maximum absolute atomic E-state index is 14.0. The lowest BCUT2D eigenvalue weighted by Crippen LogP contribution is -2.73. The highest BCUT2D eigenvalue weighted by atomic mass is 35.5. The van der Waals surface area contributed by atoms with Gasteiger partial charge in [-0.3, -0.25) is 4.74 Å². The zero-order valence-corrected chi connectivity index (χ0v) is 16.7. The van der Waals surface area contributed by atoms with Crippen molar-refractivity contribution in [3.05, 3.63) is 18.4 Å². The summed E-state index contributed by atoms with van der Waals surface area (Å²) in [5.74, 6) is -23.4. The minimum Gasteiger partial charge on any atom is -0.280 e. The van der Waals surface area contributed by atoms with E-state index in [-0.39, 0.29) is 0 Å². The fraction of sp³-hybridized carbons (Fsp3) is 0.727. The molecule has 32 heavy (non-hydrogen) atoms. The maximum Gasteiger partial charge on any atom is 0.459 e. The van der Waals surface area contributed by atoms with E-state index in [0.717, 1.165) is 0 Å². The molecule has 0 aromatic rings. The molecule has 0 aliphatic carbocycles. The number of ether oxygens (including phenoxy) is 1. The average molecular weight is 596 g/mol. The van der Waals surface area contributed by atoms with Crippen LogP contribution in [0.4, 0.5) is 70.2 Å². The summed E-state index contributed by atoms with van der Waals surface area (Å²) in [4.78, 5) is 0. The van der Waals surface area contributed by atoms with Crippen LogP contribution in [0, 0.1) is 0 Å². The number of hydrogen-bond acceptors (Lipinski definition) is 1. The molecule has 0 bridgehead atoms. The minimum atomic E-state index is -7.90. The lowest BCUT2D eigenvalue weighted by atomic mass is 9.97. The molecule has 0 aliphatic heterocycles. The predicted molar refractivity (Wildman–Crippen MR) is 76.7 cm³/mol. The third-order valence-electron chi connectivity index (χ3n) is 2.65. The fourth-order valence-electron chi connectivity index (χ4n) is 1.12. The van der Waals surface area contributed by atoms with Crippen LogP contribution in [0.2, 0.25) is 0 Å². The van der Waals surface area contributed by atoms with Gasteiger partial charge in [-0.05, 0) is 34.8 Å². The summed E-state index contributed by atoms with van der Waals surface area (Å²) >= 11 is 15.1. The van der Waals surface area contributed by atoms with Crippen LogP contribution in [0.1, 0.15) is 0 Å². The van der Waals surface area contributed by atoms with Gasteiger partial charge >= 0.3 is 51.2 Å². The van der Waals surface area contributed by atoms with Gasteiger partial charge in [-0.1, -0.05) is 23.9 Å². The summed E-state index contributed by atoms with van der Waals surface area (Å²) in [7, 11) is 0. The van der Waals surface area contributed by atoms with E-state index < -0.39 is 51.2 Å². The Kier molecular flexibility index (Phi) is 10.2. The number of halogens is 20. The van der Waals surface area contributed by atoms with Crippen LogP contribution < -0.4 is 0 Å². The van der Waals surface area contributed by atoms with E-state index in [1.807, 2.05) is 4.74 Å². The molecule has 0 spiro atoms. The highest BCUT2D eigenvalue weighted by molar-refractivity contribution is 6.33. The molecule has 0 amide bonds. The third kappa shape index (κ3) is 6.34. The summed E-state index contributed by atoms with van der Waals surface area (Å²) < 4.78 is 204. The van der Waals surface area contributed by atoms with E-state index in [0.29, 0.717) is 0 Å². The summed E-state index contributed by atoms with van der Waals surface area (Å²) in [6.45, 7) is 2.65. The molecule has 0 aromatic heterocycles. The molecule has 0 saturated heterocycles. The number of alkyl halides is 18. The van der Waals surface area contributed by atoms with E-state index in [9.17, 15) is 70.2 Å².